The van der Waals surface area contributed by atoms with Crippen LogP contribution < -0.4 is 0 Å². The second kappa shape index (κ2) is 12.2. The first kappa shape index (κ1) is 21.9. The molecule has 25 heavy (non-hydrogen) atoms. The van der Waals surface area contributed by atoms with E-state index in [4.69, 9.17) is 14.2 Å². The van der Waals surface area contributed by atoms with Gasteiger partial charge in [-0.15, -0.1) is 0 Å². The average Bonchev–Trinajstić information content (AvgIpc) is 2.94. The van der Waals surface area contributed by atoms with Gasteiger partial charge >= 0.3 is 11.9 Å². The van der Waals surface area contributed by atoms with E-state index in [0.29, 0.717) is 0 Å². The van der Waals surface area contributed by atoms with Crippen LogP contribution in [-0.2, 0) is 23.8 Å². The molecule has 1 aliphatic heterocycles. The fourth-order valence-corrected chi connectivity index (χ4v) is 2.77. The minimum absolute atomic E-state index is 0.0263. The van der Waals surface area contributed by atoms with Crippen LogP contribution >= 0.6 is 0 Å². The van der Waals surface area contributed by atoms with Crippen molar-refractivity contribution >= 4 is 11.9 Å². The second-order valence-corrected chi connectivity index (χ2v) is 6.44. The van der Waals surface area contributed by atoms with Crippen molar-refractivity contribution in [3.8, 4) is 0 Å². The first-order chi connectivity index (χ1) is 12.0. The molecule has 2 N–H and O–H groups in total. The van der Waals surface area contributed by atoms with E-state index in [-0.39, 0.29) is 19.4 Å². The van der Waals surface area contributed by atoms with Gasteiger partial charge in [0.2, 0.25) is 0 Å². The summed E-state index contributed by atoms with van der Waals surface area (Å²) in [5.41, 5.74) is 0. The Hall–Kier alpha value is -1.18. The highest BCUT2D eigenvalue weighted by atomic mass is 16.6. The van der Waals surface area contributed by atoms with Crippen molar-refractivity contribution in [2.45, 2.75) is 89.6 Å². The van der Waals surface area contributed by atoms with E-state index in [0.717, 1.165) is 38.5 Å². The van der Waals surface area contributed by atoms with Crippen molar-refractivity contribution in [3.63, 3.8) is 0 Å². The van der Waals surface area contributed by atoms with Gasteiger partial charge in [-0.2, -0.15) is 0 Å². The van der Waals surface area contributed by atoms with Crippen molar-refractivity contribution in [1.82, 2.24) is 0 Å². The van der Waals surface area contributed by atoms with Crippen molar-refractivity contribution in [2.75, 3.05) is 13.2 Å². The molecule has 1 fully saturated rings. The van der Waals surface area contributed by atoms with E-state index in [1.807, 2.05) is 13.8 Å². The Balaban J connectivity index is 2.55. The molecule has 4 atom stereocenters. The van der Waals surface area contributed by atoms with Gasteiger partial charge in [-0.25, -0.2) is 0 Å². The van der Waals surface area contributed by atoms with Gasteiger partial charge in [-0.3, -0.25) is 9.59 Å². The van der Waals surface area contributed by atoms with Crippen LogP contribution in [0, 0.1) is 0 Å². The summed E-state index contributed by atoms with van der Waals surface area (Å²) in [6, 6.07) is 0. The molecule has 0 amide bonds. The number of aliphatic hydroxyl groups is 2. The SMILES string of the molecule is CCCCCC(=O)O[C@H]1[C@@H]([C@@H](CO)OC(=O)CCCCC)OC[C@@H]1O. The van der Waals surface area contributed by atoms with E-state index in [1.165, 1.54) is 0 Å². The molecule has 1 saturated heterocycles. The highest BCUT2D eigenvalue weighted by molar-refractivity contribution is 5.70. The second-order valence-electron chi connectivity index (χ2n) is 6.44. The summed E-state index contributed by atoms with van der Waals surface area (Å²) in [5.74, 6) is -0.843. The average molecular weight is 360 g/mol. The minimum atomic E-state index is -0.993. The number of ether oxygens (including phenoxy) is 3. The molecule has 0 bridgehead atoms. The molecule has 1 rings (SSSR count). The zero-order valence-electron chi connectivity index (χ0n) is 15.3. The maximum Gasteiger partial charge on any atom is 0.306 e. The van der Waals surface area contributed by atoms with Gasteiger partial charge in [0.25, 0.3) is 0 Å². The Labute approximate surface area is 149 Å². The zero-order chi connectivity index (χ0) is 18.7. The zero-order valence-corrected chi connectivity index (χ0v) is 15.3. The number of unbranched alkanes of at least 4 members (excludes halogenated alkanes) is 4. The summed E-state index contributed by atoms with van der Waals surface area (Å²) in [6.45, 7) is 3.59. The monoisotopic (exact) mass is 360 g/mol. The van der Waals surface area contributed by atoms with Gasteiger partial charge in [-0.05, 0) is 12.8 Å². The van der Waals surface area contributed by atoms with E-state index in [2.05, 4.69) is 0 Å². The Morgan fingerprint density at radius 3 is 2.24 bits per heavy atom. The van der Waals surface area contributed by atoms with Crippen LogP contribution in [0.3, 0.4) is 0 Å². The Morgan fingerprint density at radius 1 is 1.08 bits per heavy atom. The van der Waals surface area contributed by atoms with Crippen LogP contribution in [0.5, 0.6) is 0 Å². The molecule has 7 heteroatoms. The first-order valence-corrected chi connectivity index (χ1v) is 9.32. The highest BCUT2D eigenvalue weighted by Gasteiger charge is 2.45. The van der Waals surface area contributed by atoms with E-state index in [9.17, 15) is 19.8 Å². The van der Waals surface area contributed by atoms with Crippen LogP contribution in [0.1, 0.15) is 65.2 Å². The predicted octanol–water partition coefficient (Wildman–Crippen LogP) is 1.72. The van der Waals surface area contributed by atoms with Crippen LogP contribution in [0.25, 0.3) is 0 Å². The summed E-state index contributed by atoms with van der Waals surface area (Å²) in [4.78, 5) is 23.8. The lowest BCUT2D eigenvalue weighted by Crippen LogP contribution is -2.45. The molecular formula is C18H32O7. The molecule has 0 aromatic heterocycles. The Bertz CT molecular complexity index is 399. The molecule has 1 heterocycles. The van der Waals surface area contributed by atoms with Crippen LogP contribution in [-0.4, -0.2) is 59.8 Å². The van der Waals surface area contributed by atoms with Gasteiger partial charge in [-0.1, -0.05) is 39.5 Å². The number of carbonyl (C=O) groups is 2. The topological polar surface area (TPSA) is 102 Å². The van der Waals surface area contributed by atoms with Crippen LogP contribution in [0.15, 0.2) is 0 Å². The smallest absolute Gasteiger partial charge is 0.306 e. The fraction of sp³-hybridized carbons (Fsp3) is 0.889. The minimum Gasteiger partial charge on any atom is -0.457 e. The van der Waals surface area contributed by atoms with Gasteiger partial charge in [0.05, 0.1) is 13.2 Å². The largest absolute Gasteiger partial charge is 0.457 e. The number of carbonyl (C=O) groups excluding carboxylic acids is 2. The molecule has 0 unspecified atom stereocenters. The third-order valence-electron chi connectivity index (χ3n) is 4.23. The molecule has 7 nitrogen and oxygen atoms in total. The predicted molar refractivity (Wildman–Crippen MR) is 90.9 cm³/mol. The third-order valence-corrected chi connectivity index (χ3v) is 4.23. The van der Waals surface area contributed by atoms with Crippen LogP contribution in [0.2, 0.25) is 0 Å². The quantitative estimate of drug-likeness (QED) is 0.403. The maximum absolute atomic E-state index is 11.9. The standard InChI is InChI=1S/C18H32O7/c1-3-5-7-9-15(21)24-14(11-19)18-17(13(20)12-23-18)25-16(22)10-8-6-4-2/h13-14,17-20H,3-12H2,1-2H3/t13-,14+,17+,18+/m0/s1. The number of aliphatic hydroxyl groups excluding tert-OH is 2. The molecule has 146 valence electrons. The molecule has 1 aliphatic rings. The third kappa shape index (κ3) is 7.71. The fourth-order valence-electron chi connectivity index (χ4n) is 2.77. The number of rotatable bonds is 12. The van der Waals surface area contributed by atoms with Crippen molar-refractivity contribution in [3.05, 3.63) is 0 Å². The summed E-state index contributed by atoms with van der Waals surface area (Å²) < 4.78 is 16.0. The van der Waals surface area contributed by atoms with Gasteiger partial charge in [0.15, 0.2) is 12.2 Å². The van der Waals surface area contributed by atoms with E-state index in [1.54, 1.807) is 0 Å². The summed E-state index contributed by atoms with van der Waals surface area (Å²) in [7, 11) is 0. The van der Waals surface area contributed by atoms with Crippen molar-refractivity contribution in [1.29, 1.82) is 0 Å². The number of esters is 2. The molecule has 0 aliphatic carbocycles. The Kier molecular flexibility index (Phi) is 10.7. The number of hydrogen-bond acceptors (Lipinski definition) is 7. The highest BCUT2D eigenvalue weighted by Crippen LogP contribution is 2.24. The molecular weight excluding hydrogens is 328 g/mol. The van der Waals surface area contributed by atoms with Gasteiger partial charge in [0, 0.05) is 12.8 Å². The molecule has 0 saturated carbocycles. The lowest BCUT2D eigenvalue weighted by molar-refractivity contribution is -0.171. The van der Waals surface area contributed by atoms with E-state index < -0.39 is 43.0 Å². The molecule has 0 aromatic carbocycles. The lowest BCUT2D eigenvalue weighted by atomic mass is 10.1. The van der Waals surface area contributed by atoms with Gasteiger partial charge in [0.1, 0.15) is 12.2 Å². The normalized spacial score (nSPS) is 24.1. The molecule has 0 spiro atoms. The lowest BCUT2D eigenvalue weighted by Gasteiger charge is -2.27. The summed E-state index contributed by atoms with van der Waals surface area (Å²) >= 11 is 0. The summed E-state index contributed by atoms with van der Waals surface area (Å²) in [5, 5.41) is 19.5. The first-order valence-electron chi connectivity index (χ1n) is 9.32. The van der Waals surface area contributed by atoms with Gasteiger partial charge < -0.3 is 24.4 Å². The molecule has 0 radical (unpaired) electrons. The van der Waals surface area contributed by atoms with Crippen LogP contribution in [0.4, 0.5) is 0 Å². The van der Waals surface area contributed by atoms with E-state index >= 15 is 0 Å². The number of hydrogen-bond donors (Lipinski definition) is 2. The molecule has 0 aromatic rings. The Morgan fingerprint density at radius 2 is 1.68 bits per heavy atom. The van der Waals surface area contributed by atoms with Crippen molar-refractivity contribution in [2.24, 2.45) is 0 Å². The summed E-state index contributed by atoms with van der Waals surface area (Å²) in [6.07, 6.45) is 2.07. The van der Waals surface area contributed by atoms with Crippen molar-refractivity contribution < 1.29 is 34.0 Å². The maximum atomic E-state index is 11.9.